The van der Waals surface area contributed by atoms with E-state index >= 15 is 0 Å². The van der Waals surface area contributed by atoms with Gasteiger partial charge in [0.15, 0.2) is 5.82 Å². The second-order valence-electron chi connectivity index (χ2n) is 8.87. The zero-order valence-electron chi connectivity index (χ0n) is 19.7. The minimum atomic E-state index is -0.250. The summed E-state index contributed by atoms with van der Waals surface area (Å²) in [4.78, 5) is 18.5. The van der Waals surface area contributed by atoms with Crippen molar-refractivity contribution in [1.82, 2.24) is 25.0 Å². The van der Waals surface area contributed by atoms with E-state index in [0.717, 1.165) is 48.3 Å². The Morgan fingerprint density at radius 2 is 2.20 bits per heavy atom. The van der Waals surface area contributed by atoms with E-state index < -0.39 is 0 Å². The van der Waals surface area contributed by atoms with Gasteiger partial charge in [-0.1, -0.05) is 6.07 Å². The lowest BCUT2D eigenvalue weighted by Crippen LogP contribution is -2.56. The molecule has 1 saturated heterocycles. The number of hydrogen-bond donors (Lipinski definition) is 2. The first kappa shape index (κ1) is 23.0. The number of nitrogens with zero attached hydrogens (tertiary/aromatic N) is 5. The molecule has 10 nitrogen and oxygen atoms in total. The Bertz CT molecular complexity index is 1310. The molecular formula is C25H27N7O3. The van der Waals surface area contributed by atoms with Gasteiger partial charge in [0.2, 0.25) is 0 Å². The molecule has 0 unspecified atom stereocenters. The fraction of sp³-hybridized carbons (Fsp3) is 0.360. The van der Waals surface area contributed by atoms with Gasteiger partial charge in [0.05, 0.1) is 31.2 Å². The first-order valence-corrected chi connectivity index (χ1v) is 11.5. The highest BCUT2D eigenvalue weighted by Gasteiger charge is 2.30. The number of esters is 1. The van der Waals surface area contributed by atoms with Gasteiger partial charge in [0.25, 0.3) is 0 Å². The van der Waals surface area contributed by atoms with Crippen LogP contribution in [0, 0.1) is 18.3 Å². The third-order valence-electron chi connectivity index (χ3n) is 6.67. The molecule has 2 atom stereocenters. The topological polar surface area (TPSA) is 131 Å². The van der Waals surface area contributed by atoms with Crippen LogP contribution in [-0.2, 0) is 17.8 Å². The van der Waals surface area contributed by atoms with Crippen molar-refractivity contribution < 1.29 is 14.3 Å². The number of hydrogen-bond acceptors (Lipinski definition) is 9. The molecule has 3 aromatic rings. The molecular weight excluding hydrogens is 446 g/mol. The number of benzene rings is 1. The molecule has 0 saturated carbocycles. The SMILES string of the molecule is COc1cc(-n2cc(CCN3C[C@@H](c4ccc5c(c4C)COC5=O)N[C@@H](N)C3)cn2)ncc1C#N. The number of cyclic esters (lactones) is 1. The molecule has 3 N–H and O–H groups in total. The number of nitrogens with one attached hydrogen (secondary N) is 1. The molecule has 4 heterocycles. The van der Waals surface area contributed by atoms with Gasteiger partial charge in [-0.15, -0.1) is 0 Å². The Kier molecular flexibility index (Phi) is 6.21. The number of carbonyl (C=O) groups excluding carboxylic acids is 1. The molecule has 2 aromatic heterocycles. The molecule has 1 aromatic carbocycles. The van der Waals surface area contributed by atoms with E-state index in [9.17, 15) is 4.79 Å². The van der Waals surface area contributed by atoms with Crippen molar-refractivity contribution in [3.8, 4) is 17.6 Å². The summed E-state index contributed by atoms with van der Waals surface area (Å²) in [5.41, 5.74) is 11.7. The van der Waals surface area contributed by atoms with E-state index in [2.05, 4.69) is 26.4 Å². The van der Waals surface area contributed by atoms with E-state index in [0.29, 0.717) is 29.3 Å². The van der Waals surface area contributed by atoms with Crippen molar-refractivity contribution in [3.05, 3.63) is 70.2 Å². The quantitative estimate of drug-likeness (QED) is 0.512. The predicted molar refractivity (Wildman–Crippen MR) is 127 cm³/mol. The molecule has 180 valence electrons. The Morgan fingerprint density at radius 1 is 1.34 bits per heavy atom. The minimum Gasteiger partial charge on any atom is -0.495 e. The maximum absolute atomic E-state index is 11.9. The molecule has 1 fully saturated rings. The highest BCUT2D eigenvalue weighted by Crippen LogP contribution is 2.30. The Balaban J connectivity index is 1.26. The van der Waals surface area contributed by atoms with Crippen molar-refractivity contribution in [3.63, 3.8) is 0 Å². The number of rotatable bonds is 6. The minimum absolute atomic E-state index is 0.0674. The molecule has 2 aliphatic rings. The second-order valence-corrected chi connectivity index (χ2v) is 8.87. The average molecular weight is 474 g/mol. The standard InChI is InChI=1S/C25H27N7O3/c1-15-18(3-4-19-20(15)14-35-25(19)33)21-12-31(13-23(27)30-21)6-5-16-9-29-32(11-16)24-7-22(34-2)17(8-26)10-28-24/h3-4,7,9-11,21,23,30H,5-6,12-14,27H2,1-2H3/t21-,23+/m0/s1. The van der Waals surface area contributed by atoms with Crippen molar-refractivity contribution in [2.45, 2.75) is 32.2 Å². The maximum atomic E-state index is 11.9. The number of piperazine rings is 1. The molecule has 0 aliphatic carbocycles. The van der Waals surface area contributed by atoms with Crippen LogP contribution in [0.1, 0.15) is 44.2 Å². The van der Waals surface area contributed by atoms with Crippen LogP contribution in [0.25, 0.3) is 5.82 Å². The van der Waals surface area contributed by atoms with Crippen LogP contribution in [-0.4, -0.2) is 58.5 Å². The maximum Gasteiger partial charge on any atom is 0.338 e. The molecule has 5 rings (SSSR count). The monoisotopic (exact) mass is 473 g/mol. The van der Waals surface area contributed by atoms with Crippen molar-refractivity contribution in [2.75, 3.05) is 26.7 Å². The van der Waals surface area contributed by atoms with Gasteiger partial charge >= 0.3 is 5.97 Å². The van der Waals surface area contributed by atoms with Gasteiger partial charge < -0.3 is 15.2 Å². The fourth-order valence-electron chi connectivity index (χ4n) is 4.80. The van der Waals surface area contributed by atoms with Gasteiger partial charge in [0, 0.05) is 43.5 Å². The van der Waals surface area contributed by atoms with E-state index in [-0.39, 0.29) is 18.2 Å². The summed E-state index contributed by atoms with van der Waals surface area (Å²) in [6.07, 6.45) is 5.90. The number of carbonyl (C=O) groups is 1. The Labute approximate surface area is 203 Å². The van der Waals surface area contributed by atoms with Crippen molar-refractivity contribution in [1.29, 1.82) is 5.26 Å². The largest absolute Gasteiger partial charge is 0.495 e. The fourth-order valence-corrected chi connectivity index (χ4v) is 4.80. The smallest absolute Gasteiger partial charge is 0.338 e. The first-order chi connectivity index (χ1) is 17.0. The van der Waals surface area contributed by atoms with Crippen LogP contribution in [0.5, 0.6) is 5.75 Å². The van der Waals surface area contributed by atoms with E-state index in [1.165, 1.54) is 13.3 Å². The summed E-state index contributed by atoms with van der Waals surface area (Å²) >= 11 is 0. The lowest BCUT2D eigenvalue weighted by molar-refractivity contribution is 0.0535. The molecule has 0 radical (unpaired) electrons. The van der Waals surface area contributed by atoms with Gasteiger partial charge in [-0.2, -0.15) is 10.4 Å². The zero-order valence-corrected chi connectivity index (χ0v) is 19.7. The average Bonchev–Trinajstić information content (AvgIpc) is 3.49. The summed E-state index contributed by atoms with van der Waals surface area (Å²) in [6, 6.07) is 7.71. The second kappa shape index (κ2) is 9.46. The number of fused-ring (bicyclic) bond motifs is 1. The summed E-state index contributed by atoms with van der Waals surface area (Å²) in [5.74, 6) is 0.804. The first-order valence-electron chi connectivity index (χ1n) is 11.5. The van der Waals surface area contributed by atoms with Gasteiger partial charge in [-0.25, -0.2) is 14.5 Å². The third kappa shape index (κ3) is 4.49. The van der Waals surface area contributed by atoms with Crippen molar-refractivity contribution in [2.24, 2.45) is 5.73 Å². The van der Waals surface area contributed by atoms with Crippen LogP contribution in [0.3, 0.4) is 0 Å². The summed E-state index contributed by atoms with van der Waals surface area (Å²) < 4.78 is 12.2. The lowest BCUT2D eigenvalue weighted by atomic mass is 9.93. The van der Waals surface area contributed by atoms with Crippen molar-refractivity contribution >= 4 is 5.97 Å². The molecule has 0 spiro atoms. The van der Waals surface area contributed by atoms with Crippen LogP contribution < -0.4 is 15.8 Å². The zero-order chi connectivity index (χ0) is 24.5. The van der Waals surface area contributed by atoms with E-state index in [1.54, 1.807) is 10.7 Å². The van der Waals surface area contributed by atoms with E-state index in [4.69, 9.17) is 20.5 Å². The van der Waals surface area contributed by atoms with Crippen LogP contribution in [0.15, 0.2) is 36.8 Å². The van der Waals surface area contributed by atoms with E-state index in [1.807, 2.05) is 31.5 Å². The number of nitrogens with two attached hydrogens (primary N) is 1. The summed E-state index contributed by atoms with van der Waals surface area (Å²) in [5, 5.41) is 17.1. The third-order valence-corrected chi connectivity index (χ3v) is 6.67. The Hall–Kier alpha value is -3.78. The number of ether oxygens (including phenoxy) is 2. The highest BCUT2D eigenvalue weighted by molar-refractivity contribution is 5.94. The summed E-state index contributed by atoms with van der Waals surface area (Å²) in [7, 11) is 1.53. The van der Waals surface area contributed by atoms with Gasteiger partial charge in [-0.3, -0.25) is 10.2 Å². The van der Waals surface area contributed by atoms with Crippen LogP contribution >= 0.6 is 0 Å². The van der Waals surface area contributed by atoms with Gasteiger partial charge in [0.1, 0.15) is 24.0 Å². The predicted octanol–water partition coefficient (Wildman–Crippen LogP) is 1.60. The molecule has 10 heteroatoms. The van der Waals surface area contributed by atoms with Crippen LogP contribution in [0.4, 0.5) is 0 Å². The Morgan fingerprint density at radius 3 is 3.00 bits per heavy atom. The number of nitriles is 1. The molecule has 2 aliphatic heterocycles. The molecule has 0 bridgehead atoms. The number of aromatic nitrogens is 3. The van der Waals surface area contributed by atoms with Crippen LogP contribution in [0.2, 0.25) is 0 Å². The number of methoxy groups -OCH3 is 1. The van der Waals surface area contributed by atoms with Gasteiger partial charge in [-0.05, 0) is 36.1 Å². The normalized spacial score (nSPS) is 19.8. The number of pyridine rings is 1. The lowest BCUT2D eigenvalue weighted by Gasteiger charge is -2.38. The molecule has 35 heavy (non-hydrogen) atoms. The highest BCUT2D eigenvalue weighted by atomic mass is 16.5. The summed E-state index contributed by atoms with van der Waals surface area (Å²) in [6.45, 7) is 4.76. The molecule has 0 amide bonds.